The Balaban J connectivity index is 0.000000810. The van der Waals surface area contributed by atoms with Crippen molar-refractivity contribution in [2.75, 3.05) is 6.54 Å². The van der Waals surface area contributed by atoms with Gasteiger partial charge in [0.15, 0.2) is 0 Å². The molecule has 1 rings (SSSR count). The van der Waals surface area contributed by atoms with Crippen LogP contribution in [0.4, 0.5) is 0 Å². The zero-order valence-corrected chi connectivity index (χ0v) is 6.23. The molecule has 5 heteroatoms. The Hall–Kier alpha value is -0.320. The normalized spacial score (nSPS) is 31.3. The van der Waals surface area contributed by atoms with Gasteiger partial charge in [-0.1, -0.05) is 0 Å². The van der Waals surface area contributed by atoms with Crippen molar-refractivity contribution in [1.82, 2.24) is 5.32 Å². The summed E-state index contributed by atoms with van der Waals surface area (Å²) in [7, 11) is 0. The minimum Gasteiger partial charge on any atom is -0.392 e. The minimum absolute atomic E-state index is 0. The molecule has 4 N–H and O–H groups in total. The fraction of sp³-hybridized carbons (Fsp3) is 0.800. The third-order valence-electron chi connectivity index (χ3n) is 1.45. The predicted molar refractivity (Wildman–Crippen MR) is 38.9 cm³/mol. The minimum atomic E-state index is -0.400. The first-order valence-corrected chi connectivity index (χ1v) is 2.91. The smallest absolute Gasteiger partial charge is 0.234 e. The summed E-state index contributed by atoms with van der Waals surface area (Å²) in [6.45, 7) is 0.480. The number of hydrogen-bond acceptors (Lipinski definition) is 3. The van der Waals surface area contributed by atoms with E-state index in [1.54, 1.807) is 0 Å². The molecular formula is C5H11ClN2O2. The summed E-state index contributed by atoms with van der Waals surface area (Å²) in [6, 6.07) is -0.319. The van der Waals surface area contributed by atoms with Crippen molar-refractivity contribution in [2.45, 2.75) is 18.6 Å². The molecule has 0 aromatic heterocycles. The molecule has 1 fully saturated rings. The van der Waals surface area contributed by atoms with Gasteiger partial charge < -0.3 is 16.2 Å². The van der Waals surface area contributed by atoms with Crippen molar-refractivity contribution in [1.29, 1.82) is 0 Å². The van der Waals surface area contributed by atoms with Crippen LogP contribution in [0.5, 0.6) is 0 Å². The van der Waals surface area contributed by atoms with Gasteiger partial charge in [0.1, 0.15) is 0 Å². The first-order chi connectivity index (χ1) is 4.20. The van der Waals surface area contributed by atoms with E-state index in [1.807, 2.05) is 0 Å². The summed E-state index contributed by atoms with van der Waals surface area (Å²) in [5.41, 5.74) is 4.95. The number of carbonyl (C=O) groups is 1. The van der Waals surface area contributed by atoms with E-state index in [0.717, 1.165) is 0 Å². The lowest BCUT2D eigenvalue weighted by Gasteiger charge is -2.01. The van der Waals surface area contributed by atoms with Crippen LogP contribution < -0.4 is 11.1 Å². The van der Waals surface area contributed by atoms with E-state index in [-0.39, 0.29) is 24.4 Å². The van der Waals surface area contributed by atoms with Gasteiger partial charge in [0.25, 0.3) is 0 Å². The van der Waals surface area contributed by atoms with Crippen molar-refractivity contribution in [3.8, 4) is 0 Å². The molecule has 0 bridgehead atoms. The van der Waals surface area contributed by atoms with E-state index in [9.17, 15) is 4.79 Å². The van der Waals surface area contributed by atoms with E-state index < -0.39 is 6.10 Å². The molecule has 60 valence electrons. The molecule has 0 radical (unpaired) electrons. The highest BCUT2D eigenvalue weighted by atomic mass is 35.5. The van der Waals surface area contributed by atoms with E-state index in [2.05, 4.69) is 5.32 Å². The van der Waals surface area contributed by atoms with Gasteiger partial charge >= 0.3 is 0 Å². The summed E-state index contributed by atoms with van der Waals surface area (Å²) in [4.78, 5) is 10.4. The van der Waals surface area contributed by atoms with Crippen LogP contribution in [0.1, 0.15) is 6.42 Å². The average Bonchev–Trinajstić information content (AvgIpc) is 2.14. The maximum Gasteiger partial charge on any atom is 0.234 e. The highest BCUT2D eigenvalue weighted by molar-refractivity contribution is 5.85. The van der Waals surface area contributed by atoms with Gasteiger partial charge in [-0.25, -0.2) is 0 Å². The Kier molecular flexibility index (Phi) is 3.63. The van der Waals surface area contributed by atoms with Crippen LogP contribution in [-0.2, 0) is 4.79 Å². The molecule has 4 nitrogen and oxygen atoms in total. The van der Waals surface area contributed by atoms with Crippen molar-refractivity contribution in [3.05, 3.63) is 0 Å². The third-order valence-corrected chi connectivity index (χ3v) is 1.45. The molecule has 2 atom stereocenters. The van der Waals surface area contributed by atoms with Crippen LogP contribution in [0.25, 0.3) is 0 Å². The quantitative estimate of drug-likeness (QED) is 0.449. The van der Waals surface area contributed by atoms with Gasteiger partial charge in [-0.05, 0) is 6.42 Å². The van der Waals surface area contributed by atoms with Crippen LogP contribution >= 0.6 is 12.4 Å². The van der Waals surface area contributed by atoms with Crippen molar-refractivity contribution < 1.29 is 9.90 Å². The number of aliphatic hydroxyl groups is 1. The lowest BCUT2D eigenvalue weighted by Crippen LogP contribution is -2.36. The first-order valence-electron chi connectivity index (χ1n) is 2.91. The fourth-order valence-corrected chi connectivity index (χ4v) is 0.934. The maximum atomic E-state index is 10.4. The molecule has 1 amide bonds. The Morgan fingerprint density at radius 2 is 2.30 bits per heavy atom. The molecule has 1 aliphatic heterocycles. The zero-order chi connectivity index (χ0) is 6.85. The number of carbonyl (C=O) groups excluding carboxylic acids is 1. The van der Waals surface area contributed by atoms with Crippen molar-refractivity contribution in [2.24, 2.45) is 5.73 Å². The van der Waals surface area contributed by atoms with Gasteiger partial charge in [0, 0.05) is 6.54 Å². The topological polar surface area (TPSA) is 75.4 Å². The second-order valence-corrected chi connectivity index (χ2v) is 2.25. The Labute approximate surface area is 65.2 Å². The largest absolute Gasteiger partial charge is 0.392 e. The van der Waals surface area contributed by atoms with Crippen LogP contribution in [0.3, 0.4) is 0 Å². The van der Waals surface area contributed by atoms with E-state index in [0.29, 0.717) is 13.0 Å². The standard InChI is InChI=1S/C5H10N2O2.ClH/c6-5(9)4-1-3(8)2-7-4;/h3-4,7-8H,1-2H2,(H2,6,9);1H/t3-,4-;/m0./s1. The number of nitrogens with two attached hydrogens (primary N) is 1. The number of primary amides is 1. The summed E-state index contributed by atoms with van der Waals surface area (Å²) < 4.78 is 0. The van der Waals surface area contributed by atoms with Crippen LogP contribution in [0.2, 0.25) is 0 Å². The SMILES string of the molecule is Cl.NC(=O)[C@@H]1C[C@H](O)CN1. The first kappa shape index (κ1) is 9.68. The monoisotopic (exact) mass is 166 g/mol. The molecule has 0 spiro atoms. The molecular weight excluding hydrogens is 156 g/mol. The van der Waals surface area contributed by atoms with Gasteiger partial charge in [0.05, 0.1) is 12.1 Å². The number of rotatable bonds is 1. The second kappa shape index (κ2) is 3.75. The summed E-state index contributed by atoms with van der Waals surface area (Å²) in [5, 5.41) is 11.7. The molecule has 0 saturated carbocycles. The van der Waals surface area contributed by atoms with Crippen LogP contribution in [-0.4, -0.2) is 29.7 Å². The van der Waals surface area contributed by atoms with Crippen LogP contribution in [0.15, 0.2) is 0 Å². The third kappa shape index (κ3) is 2.13. The molecule has 1 aliphatic rings. The van der Waals surface area contributed by atoms with Gasteiger partial charge in [-0.3, -0.25) is 4.79 Å². The van der Waals surface area contributed by atoms with E-state index >= 15 is 0 Å². The number of nitrogens with one attached hydrogen (secondary N) is 1. The summed E-state index contributed by atoms with van der Waals surface area (Å²) in [5.74, 6) is -0.383. The summed E-state index contributed by atoms with van der Waals surface area (Å²) >= 11 is 0. The van der Waals surface area contributed by atoms with Crippen LogP contribution in [0, 0.1) is 0 Å². The fourth-order valence-electron chi connectivity index (χ4n) is 0.934. The van der Waals surface area contributed by atoms with E-state index in [4.69, 9.17) is 10.8 Å². The molecule has 0 aliphatic carbocycles. The molecule has 10 heavy (non-hydrogen) atoms. The highest BCUT2D eigenvalue weighted by Gasteiger charge is 2.25. The zero-order valence-electron chi connectivity index (χ0n) is 5.41. The predicted octanol–water partition coefficient (Wildman–Crippen LogP) is -1.38. The Morgan fingerprint density at radius 1 is 1.70 bits per heavy atom. The van der Waals surface area contributed by atoms with Crippen molar-refractivity contribution >= 4 is 18.3 Å². The van der Waals surface area contributed by atoms with Gasteiger partial charge in [0.2, 0.25) is 5.91 Å². The number of β-amino-alcohol motifs (C(OH)–C–C–N with tert-alkyl or cyclic N) is 1. The second-order valence-electron chi connectivity index (χ2n) is 2.25. The molecule has 1 saturated heterocycles. The molecule has 1 heterocycles. The number of amides is 1. The Morgan fingerprint density at radius 3 is 2.50 bits per heavy atom. The highest BCUT2D eigenvalue weighted by Crippen LogP contribution is 2.04. The molecule has 0 aromatic carbocycles. The lowest BCUT2D eigenvalue weighted by molar-refractivity contribution is -0.119. The average molecular weight is 167 g/mol. The van der Waals surface area contributed by atoms with Gasteiger partial charge in [-0.2, -0.15) is 0 Å². The number of halogens is 1. The van der Waals surface area contributed by atoms with Gasteiger partial charge in [-0.15, -0.1) is 12.4 Å². The molecule has 0 unspecified atom stereocenters. The Bertz CT molecular complexity index is 131. The summed E-state index contributed by atoms with van der Waals surface area (Å²) in [6.07, 6.45) is 0.0532. The maximum absolute atomic E-state index is 10.4. The lowest BCUT2D eigenvalue weighted by atomic mass is 10.2. The molecule has 0 aromatic rings. The van der Waals surface area contributed by atoms with E-state index in [1.165, 1.54) is 0 Å². The van der Waals surface area contributed by atoms with Crippen molar-refractivity contribution in [3.63, 3.8) is 0 Å². The number of aliphatic hydroxyl groups excluding tert-OH is 1. The number of hydrogen-bond donors (Lipinski definition) is 3.